The van der Waals surface area contributed by atoms with Crippen molar-refractivity contribution in [1.82, 2.24) is 15.5 Å². The average molecular weight is 551 g/mol. The van der Waals surface area contributed by atoms with Crippen LogP contribution in [0.2, 0.25) is 0 Å². The fourth-order valence-corrected chi connectivity index (χ4v) is 4.77. The van der Waals surface area contributed by atoms with Crippen molar-refractivity contribution in [2.24, 2.45) is 10.9 Å². The number of nitrogens with one attached hydrogen (secondary N) is 2. The predicted octanol–water partition coefficient (Wildman–Crippen LogP) is 3.10. The van der Waals surface area contributed by atoms with E-state index in [0.717, 1.165) is 63.1 Å². The van der Waals surface area contributed by atoms with Crippen LogP contribution >= 0.6 is 24.0 Å². The molecule has 2 unspecified atom stereocenters. The van der Waals surface area contributed by atoms with Gasteiger partial charge in [-0.1, -0.05) is 44.9 Å². The first-order valence-corrected chi connectivity index (χ1v) is 12.3. The van der Waals surface area contributed by atoms with E-state index in [1.165, 1.54) is 0 Å². The van der Waals surface area contributed by atoms with Gasteiger partial charge in [0.25, 0.3) is 0 Å². The van der Waals surface area contributed by atoms with Gasteiger partial charge in [-0.15, -0.1) is 24.0 Å². The molecule has 0 radical (unpaired) electrons. The molecule has 1 heterocycles. The minimum atomic E-state index is -0.998. The van der Waals surface area contributed by atoms with Gasteiger partial charge in [0.1, 0.15) is 0 Å². The van der Waals surface area contributed by atoms with Crippen molar-refractivity contribution in [3.05, 3.63) is 30.3 Å². The summed E-state index contributed by atoms with van der Waals surface area (Å²) in [6.45, 7) is 12.4. The maximum absolute atomic E-state index is 12.4. The molecule has 0 amide bonds. The maximum atomic E-state index is 12.4. The number of hydrogen-bond acceptors (Lipinski definition) is 4. The largest absolute Gasteiger partial charge is 0.379 e. The lowest BCUT2D eigenvalue weighted by molar-refractivity contribution is 0.00395. The number of nitrogens with zero attached hydrogens (tertiary/aromatic N) is 2. The number of aliphatic imine (C=N–C) groups is 1. The smallest absolute Gasteiger partial charge is 0.191 e. The highest BCUT2D eigenvalue weighted by atomic mass is 127. The number of ether oxygens (including phenoxy) is 1. The Morgan fingerprint density at radius 3 is 2.40 bits per heavy atom. The number of rotatable bonds is 11. The van der Waals surface area contributed by atoms with Crippen LogP contribution < -0.4 is 10.6 Å². The topological polar surface area (TPSA) is 66.0 Å². The van der Waals surface area contributed by atoms with Crippen molar-refractivity contribution in [2.45, 2.75) is 44.6 Å². The molecular formula is C22H39IN4O2S. The highest BCUT2D eigenvalue weighted by molar-refractivity contribution is 14.0. The predicted molar refractivity (Wildman–Crippen MR) is 137 cm³/mol. The zero-order valence-electron chi connectivity index (χ0n) is 18.6. The summed E-state index contributed by atoms with van der Waals surface area (Å²) in [5.41, 5.74) is 0. The molecule has 2 rings (SSSR count). The van der Waals surface area contributed by atoms with Gasteiger partial charge in [0.2, 0.25) is 0 Å². The standard InChI is InChI=1S/C22H38N4O2S.HI/c1-4-19(5-2)21(26-13-15-28-16-14-26)18-25-22(23-6-3)24-12-17-29(27)20-10-8-7-9-11-20;/h7-11,19,21H,4-6,12-18H2,1-3H3,(H2,23,24,25);1H. The molecule has 1 aliphatic rings. The number of morpholine rings is 1. The quantitative estimate of drug-likeness (QED) is 0.252. The van der Waals surface area contributed by atoms with E-state index in [2.05, 4.69) is 36.3 Å². The normalized spacial score (nSPS) is 17.3. The summed E-state index contributed by atoms with van der Waals surface area (Å²) in [7, 11) is -0.998. The summed E-state index contributed by atoms with van der Waals surface area (Å²) in [5.74, 6) is 2.00. The highest BCUT2D eigenvalue weighted by Crippen LogP contribution is 2.20. The lowest BCUT2D eigenvalue weighted by Crippen LogP contribution is -2.49. The Bertz CT molecular complexity index is 623. The molecule has 0 spiro atoms. The summed E-state index contributed by atoms with van der Waals surface area (Å²) in [6, 6.07) is 10.1. The van der Waals surface area contributed by atoms with Crippen molar-refractivity contribution in [2.75, 3.05) is 51.7 Å². The van der Waals surface area contributed by atoms with Crippen LogP contribution in [0, 0.1) is 5.92 Å². The Morgan fingerprint density at radius 2 is 1.80 bits per heavy atom. The van der Waals surface area contributed by atoms with E-state index in [0.29, 0.717) is 24.3 Å². The fraction of sp³-hybridized carbons (Fsp3) is 0.682. The summed E-state index contributed by atoms with van der Waals surface area (Å²) in [6.07, 6.45) is 2.32. The molecule has 30 heavy (non-hydrogen) atoms. The molecule has 1 saturated heterocycles. The summed E-state index contributed by atoms with van der Waals surface area (Å²) in [5, 5.41) is 6.68. The molecule has 0 aromatic heterocycles. The van der Waals surface area contributed by atoms with Crippen molar-refractivity contribution in [3.8, 4) is 0 Å². The number of hydrogen-bond donors (Lipinski definition) is 2. The summed E-state index contributed by atoms with van der Waals surface area (Å²) >= 11 is 0. The minimum Gasteiger partial charge on any atom is -0.379 e. The Morgan fingerprint density at radius 1 is 1.13 bits per heavy atom. The first kappa shape index (κ1) is 27.3. The molecule has 0 bridgehead atoms. The number of benzene rings is 1. The van der Waals surface area contributed by atoms with Gasteiger partial charge in [-0.2, -0.15) is 0 Å². The second-order valence-corrected chi connectivity index (χ2v) is 8.87. The van der Waals surface area contributed by atoms with Gasteiger partial charge in [0.15, 0.2) is 5.96 Å². The SMILES string of the molecule is CCNC(=NCC(C(CC)CC)N1CCOCC1)NCCS(=O)c1ccccc1.I. The number of halogens is 1. The molecule has 0 saturated carbocycles. The molecule has 0 aliphatic carbocycles. The lowest BCUT2D eigenvalue weighted by atomic mass is 9.92. The fourth-order valence-electron chi connectivity index (χ4n) is 3.78. The third-order valence-corrected chi connectivity index (χ3v) is 6.85. The number of guanidine groups is 1. The van der Waals surface area contributed by atoms with Crippen LogP contribution in [0.5, 0.6) is 0 Å². The maximum Gasteiger partial charge on any atom is 0.191 e. The van der Waals surface area contributed by atoms with Gasteiger partial charge < -0.3 is 15.4 Å². The monoisotopic (exact) mass is 550 g/mol. The molecule has 1 aliphatic heterocycles. The van der Waals surface area contributed by atoms with E-state index in [1.807, 2.05) is 30.3 Å². The van der Waals surface area contributed by atoms with Gasteiger partial charge >= 0.3 is 0 Å². The Kier molecular flexibility index (Phi) is 14.6. The average Bonchev–Trinajstić information content (AvgIpc) is 2.77. The van der Waals surface area contributed by atoms with Crippen LogP contribution in [0.3, 0.4) is 0 Å². The van der Waals surface area contributed by atoms with Gasteiger partial charge in [-0.3, -0.25) is 14.1 Å². The van der Waals surface area contributed by atoms with E-state index in [9.17, 15) is 4.21 Å². The van der Waals surface area contributed by atoms with Crippen LogP contribution in [0.4, 0.5) is 0 Å². The van der Waals surface area contributed by atoms with Crippen molar-refractivity contribution >= 4 is 40.7 Å². The molecule has 1 aromatic rings. The Labute approximate surface area is 202 Å². The van der Waals surface area contributed by atoms with Crippen LogP contribution in [-0.4, -0.2) is 72.8 Å². The molecule has 2 N–H and O–H groups in total. The zero-order valence-corrected chi connectivity index (χ0v) is 21.8. The van der Waals surface area contributed by atoms with Crippen molar-refractivity contribution < 1.29 is 8.95 Å². The summed E-state index contributed by atoms with van der Waals surface area (Å²) < 4.78 is 18.0. The van der Waals surface area contributed by atoms with Crippen LogP contribution in [0.1, 0.15) is 33.6 Å². The first-order chi connectivity index (χ1) is 14.2. The van der Waals surface area contributed by atoms with Crippen LogP contribution in [0.25, 0.3) is 0 Å². The second kappa shape index (κ2) is 16.0. The van der Waals surface area contributed by atoms with Crippen molar-refractivity contribution in [1.29, 1.82) is 0 Å². The molecule has 1 fully saturated rings. The Hall–Kier alpha value is -0.710. The molecule has 1 aromatic carbocycles. The first-order valence-electron chi connectivity index (χ1n) is 11.0. The molecule has 172 valence electrons. The van der Waals surface area contributed by atoms with Crippen LogP contribution in [0.15, 0.2) is 40.2 Å². The van der Waals surface area contributed by atoms with E-state index >= 15 is 0 Å². The molecular weight excluding hydrogens is 511 g/mol. The van der Waals surface area contributed by atoms with Crippen molar-refractivity contribution in [3.63, 3.8) is 0 Å². The zero-order chi connectivity index (χ0) is 20.9. The lowest BCUT2D eigenvalue weighted by Gasteiger charge is -2.38. The second-order valence-electron chi connectivity index (χ2n) is 7.30. The van der Waals surface area contributed by atoms with Crippen LogP contribution in [-0.2, 0) is 15.5 Å². The summed E-state index contributed by atoms with van der Waals surface area (Å²) in [4.78, 5) is 8.30. The molecule has 8 heteroatoms. The van der Waals surface area contributed by atoms with Gasteiger partial charge in [-0.25, -0.2) is 0 Å². The van der Waals surface area contributed by atoms with E-state index in [-0.39, 0.29) is 24.0 Å². The Balaban J connectivity index is 0.00000450. The van der Waals surface area contributed by atoms with Gasteiger partial charge in [0.05, 0.1) is 30.6 Å². The molecule has 2 atom stereocenters. The van der Waals surface area contributed by atoms with E-state index in [4.69, 9.17) is 9.73 Å². The highest BCUT2D eigenvalue weighted by Gasteiger charge is 2.26. The van der Waals surface area contributed by atoms with E-state index < -0.39 is 10.8 Å². The van der Waals surface area contributed by atoms with Gasteiger partial charge in [0, 0.05) is 42.9 Å². The molecule has 6 nitrogen and oxygen atoms in total. The van der Waals surface area contributed by atoms with Gasteiger partial charge in [-0.05, 0) is 25.0 Å². The minimum absolute atomic E-state index is 0. The van der Waals surface area contributed by atoms with E-state index in [1.54, 1.807) is 0 Å². The third-order valence-electron chi connectivity index (χ3n) is 5.47. The third kappa shape index (κ3) is 9.20.